The van der Waals surface area contributed by atoms with E-state index in [-0.39, 0.29) is 5.75 Å². The highest BCUT2D eigenvalue weighted by Crippen LogP contribution is 2.35. The highest BCUT2D eigenvalue weighted by atomic mass is 32.2. The second-order valence-corrected chi connectivity index (χ2v) is 11.5. The van der Waals surface area contributed by atoms with Gasteiger partial charge in [-0.25, -0.2) is 8.42 Å². The molecule has 0 aromatic heterocycles. The van der Waals surface area contributed by atoms with Crippen LogP contribution < -0.4 is 10.6 Å². The van der Waals surface area contributed by atoms with Crippen molar-refractivity contribution in [1.29, 1.82) is 0 Å². The van der Waals surface area contributed by atoms with Crippen molar-refractivity contribution in [1.82, 2.24) is 15.5 Å². The summed E-state index contributed by atoms with van der Waals surface area (Å²) in [7, 11) is -2.89. The lowest BCUT2D eigenvalue weighted by molar-refractivity contribution is 0.216. The molecule has 0 unspecified atom stereocenters. The van der Waals surface area contributed by atoms with Crippen LogP contribution in [-0.4, -0.2) is 70.1 Å². The highest BCUT2D eigenvalue weighted by Gasteiger charge is 2.23. The summed E-state index contributed by atoms with van der Waals surface area (Å²) in [5.74, 6) is 2.57. The van der Waals surface area contributed by atoms with Crippen LogP contribution in [0, 0.1) is 5.92 Å². The molecule has 1 aromatic rings. The summed E-state index contributed by atoms with van der Waals surface area (Å²) < 4.78 is 22.8. The molecule has 0 atom stereocenters. The van der Waals surface area contributed by atoms with E-state index in [1.807, 2.05) is 0 Å². The van der Waals surface area contributed by atoms with Gasteiger partial charge in [0.15, 0.2) is 5.96 Å². The van der Waals surface area contributed by atoms with Gasteiger partial charge in [0.2, 0.25) is 0 Å². The molecule has 1 saturated carbocycles. The minimum absolute atomic E-state index is 0.252. The maximum absolute atomic E-state index is 11.4. The van der Waals surface area contributed by atoms with Crippen molar-refractivity contribution in [2.24, 2.45) is 10.9 Å². The van der Waals surface area contributed by atoms with E-state index in [9.17, 15) is 8.42 Å². The number of nitrogens with zero attached hydrogens (tertiary/aromatic N) is 2. The fourth-order valence-corrected chi connectivity index (χ4v) is 5.32. The largest absolute Gasteiger partial charge is 0.357 e. The third-order valence-electron chi connectivity index (χ3n) is 6.68. The molecule has 0 radical (unpaired) electrons. The van der Waals surface area contributed by atoms with Crippen molar-refractivity contribution >= 4 is 15.8 Å². The van der Waals surface area contributed by atoms with Crippen molar-refractivity contribution in [3.8, 4) is 0 Å². The van der Waals surface area contributed by atoms with Gasteiger partial charge >= 0.3 is 0 Å². The predicted molar refractivity (Wildman–Crippen MR) is 129 cm³/mol. The van der Waals surface area contributed by atoms with E-state index >= 15 is 0 Å². The first kappa shape index (κ1) is 24.1. The van der Waals surface area contributed by atoms with Crippen molar-refractivity contribution in [2.45, 2.75) is 57.4 Å². The molecule has 174 valence electrons. The zero-order chi connectivity index (χ0) is 22.1. The average molecular weight is 449 g/mol. The van der Waals surface area contributed by atoms with Crippen LogP contribution in [0.1, 0.15) is 56.9 Å². The van der Waals surface area contributed by atoms with Gasteiger partial charge in [-0.2, -0.15) is 0 Å². The fourth-order valence-electron chi connectivity index (χ4n) is 4.73. The minimum atomic E-state index is -2.89. The molecular weight excluding hydrogens is 408 g/mol. The third kappa shape index (κ3) is 8.45. The molecule has 31 heavy (non-hydrogen) atoms. The highest BCUT2D eigenvalue weighted by molar-refractivity contribution is 7.90. The molecule has 7 heteroatoms. The normalized spacial score (nSPS) is 24.1. The summed E-state index contributed by atoms with van der Waals surface area (Å²) in [5.41, 5.74) is 1.49. The maximum atomic E-state index is 11.4. The molecule has 0 amide bonds. The Morgan fingerprint density at radius 3 is 2.35 bits per heavy atom. The van der Waals surface area contributed by atoms with E-state index in [0.29, 0.717) is 24.4 Å². The monoisotopic (exact) mass is 448 g/mol. The summed E-state index contributed by atoms with van der Waals surface area (Å²) in [4.78, 5) is 7.18. The molecule has 1 aromatic carbocycles. The third-order valence-corrected chi connectivity index (χ3v) is 7.60. The number of hydrogen-bond donors (Lipinski definition) is 2. The zero-order valence-electron chi connectivity index (χ0n) is 19.2. The molecular formula is C24H40N4O2S. The van der Waals surface area contributed by atoms with Crippen LogP contribution in [0.4, 0.5) is 0 Å². The lowest BCUT2D eigenvalue weighted by Crippen LogP contribution is -2.49. The van der Waals surface area contributed by atoms with Crippen LogP contribution >= 0.6 is 0 Å². The quantitative estimate of drug-likeness (QED) is 0.472. The van der Waals surface area contributed by atoms with Gasteiger partial charge < -0.3 is 15.5 Å². The molecule has 2 aliphatic rings. The van der Waals surface area contributed by atoms with Crippen molar-refractivity contribution < 1.29 is 8.42 Å². The molecule has 1 aliphatic heterocycles. The first-order valence-corrected chi connectivity index (χ1v) is 14.0. The Hall–Kier alpha value is -1.60. The predicted octanol–water partition coefficient (Wildman–Crippen LogP) is 3.02. The number of guanidine groups is 1. The molecule has 0 spiro atoms. The van der Waals surface area contributed by atoms with Crippen molar-refractivity contribution in [3.05, 3.63) is 35.9 Å². The Morgan fingerprint density at radius 1 is 1.06 bits per heavy atom. The Bertz CT molecular complexity index is 781. The van der Waals surface area contributed by atoms with Crippen LogP contribution in [0.15, 0.2) is 35.3 Å². The standard InChI is InChI=1S/C24H40N4O2S/c1-3-25-24(27-23-13-15-28(16-14-23)17-18-31(2,29)30)26-19-20-9-11-22(12-10-20)21-7-5-4-6-8-21/h4-8,20,22-23H,3,9-19H2,1-2H3,(H2,25,26,27). The van der Waals surface area contributed by atoms with Crippen LogP contribution in [0.5, 0.6) is 0 Å². The molecule has 1 aliphatic carbocycles. The Balaban J connectivity index is 1.41. The van der Waals surface area contributed by atoms with E-state index in [0.717, 1.165) is 45.0 Å². The Labute approximate surface area is 188 Å². The van der Waals surface area contributed by atoms with Gasteiger partial charge in [-0.15, -0.1) is 0 Å². The topological polar surface area (TPSA) is 73.8 Å². The van der Waals surface area contributed by atoms with Crippen LogP contribution in [-0.2, 0) is 9.84 Å². The maximum Gasteiger partial charge on any atom is 0.191 e. The number of sulfone groups is 1. The van der Waals surface area contributed by atoms with E-state index < -0.39 is 9.84 Å². The van der Waals surface area contributed by atoms with E-state index in [2.05, 4.69) is 52.8 Å². The lowest BCUT2D eigenvalue weighted by atomic mass is 9.79. The van der Waals surface area contributed by atoms with E-state index in [1.165, 1.54) is 37.5 Å². The van der Waals surface area contributed by atoms with Gasteiger partial charge in [-0.3, -0.25) is 4.99 Å². The Kier molecular flexibility index (Phi) is 9.20. The second kappa shape index (κ2) is 11.9. The molecule has 0 bridgehead atoms. The SMILES string of the molecule is CCNC(=NCC1CCC(c2ccccc2)CC1)NC1CCN(CCS(C)(=O)=O)CC1. The number of nitrogens with one attached hydrogen (secondary N) is 2. The number of benzene rings is 1. The van der Waals surface area contributed by atoms with E-state index in [4.69, 9.17) is 4.99 Å². The van der Waals surface area contributed by atoms with E-state index in [1.54, 1.807) is 0 Å². The molecule has 6 nitrogen and oxygen atoms in total. The first-order chi connectivity index (χ1) is 14.9. The van der Waals surface area contributed by atoms with Gasteiger partial charge in [0.1, 0.15) is 9.84 Å². The Morgan fingerprint density at radius 2 is 1.74 bits per heavy atom. The molecule has 2 fully saturated rings. The van der Waals surface area contributed by atoms with Gasteiger partial charge in [0, 0.05) is 45.0 Å². The lowest BCUT2D eigenvalue weighted by Gasteiger charge is -2.33. The van der Waals surface area contributed by atoms with Gasteiger partial charge in [0.05, 0.1) is 5.75 Å². The second-order valence-electron chi connectivity index (χ2n) is 9.24. The summed E-state index contributed by atoms with van der Waals surface area (Å²) in [6.07, 6.45) is 8.39. The summed E-state index contributed by atoms with van der Waals surface area (Å²) in [5, 5.41) is 7.02. The summed E-state index contributed by atoms with van der Waals surface area (Å²) in [6.45, 7) is 6.39. The summed E-state index contributed by atoms with van der Waals surface area (Å²) in [6, 6.07) is 11.3. The fraction of sp³-hybridized carbons (Fsp3) is 0.708. The van der Waals surface area contributed by atoms with Crippen molar-refractivity contribution in [2.75, 3.05) is 44.7 Å². The van der Waals surface area contributed by atoms with Crippen LogP contribution in [0.3, 0.4) is 0 Å². The number of hydrogen-bond acceptors (Lipinski definition) is 4. The number of aliphatic imine (C=N–C) groups is 1. The van der Waals surface area contributed by atoms with Gasteiger partial charge in [0.25, 0.3) is 0 Å². The van der Waals surface area contributed by atoms with Crippen LogP contribution in [0.2, 0.25) is 0 Å². The molecule has 1 saturated heterocycles. The minimum Gasteiger partial charge on any atom is -0.357 e. The molecule has 2 N–H and O–H groups in total. The van der Waals surface area contributed by atoms with Crippen LogP contribution in [0.25, 0.3) is 0 Å². The average Bonchev–Trinajstić information content (AvgIpc) is 2.77. The zero-order valence-corrected chi connectivity index (χ0v) is 20.0. The first-order valence-electron chi connectivity index (χ1n) is 11.9. The number of likely N-dealkylation sites (tertiary alicyclic amines) is 1. The van der Waals surface area contributed by atoms with Gasteiger partial charge in [-0.05, 0) is 62.8 Å². The molecule has 1 heterocycles. The number of rotatable bonds is 8. The van der Waals surface area contributed by atoms with Crippen molar-refractivity contribution in [3.63, 3.8) is 0 Å². The van der Waals surface area contributed by atoms with Gasteiger partial charge in [-0.1, -0.05) is 30.3 Å². The summed E-state index contributed by atoms with van der Waals surface area (Å²) >= 11 is 0. The molecule has 3 rings (SSSR count). The smallest absolute Gasteiger partial charge is 0.191 e. The number of piperidine rings is 1.